The number of imidazole rings is 1. The monoisotopic (exact) mass is 265 g/mol. The van der Waals surface area contributed by atoms with Crippen LogP contribution in [0, 0.1) is 11.6 Å². The number of hydrogen-bond donors (Lipinski definition) is 1. The molecule has 0 bridgehead atoms. The Morgan fingerprint density at radius 1 is 1.37 bits per heavy atom. The predicted octanol–water partition coefficient (Wildman–Crippen LogP) is 2.68. The fraction of sp³-hybridized carbons (Fsp3) is 0.357. The molecule has 0 saturated carbocycles. The van der Waals surface area contributed by atoms with Crippen LogP contribution in [0.3, 0.4) is 0 Å². The molecule has 0 radical (unpaired) electrons. The van der Waals surface area contributed by atoms with Gasteiger partial charge in [0.05, 0.1) is 6.04 Å². The van der Waals surface area contributed by atoms with Gasteiger partial charge in [0.2, 0.25) is 0 Å². The minimum atomic E-state index is -0.820. The van der Waals surface area contributed by atoms with Crippen LogP contribution >= 0.6 is 0 Å². The highest BCUT2D eigenvalue weighted by Gasteiger charge is 2.17. The highest BCUT2D eigenvalue weighted by atomic mass is 19.2. The van der Waals surface area contributed by atoms with E-state index in [2.05, 4.69) is 10.3 Å². The second kappa shape index (κ2) is 5.93. The van der Waals surface area contributed by atoms with E-state index in [-0.39, 0.29) is 6.04 Å². The highest BCUT2D eigenvalue weighted by molar-refractivity contribution is 5.22. The van der Waals surface area contributed by atoms with E-state index < -0.39 is 11.6 Å². The molecule has 0 amide bonds. The third kappa shape index (κ3) is 2.81. The van der Waals surface area contributed by atoms with Crippen LogP contribution in [-0.2, 0) is 13.0 Å². The summed E-state index contributed by atoms with van der Waals surface area (Å²) in [6.45, 7) is 2.52. The molecule has 5 heteroatoms. The summed E-state index contributed by atoms with van der Waals surface area (Å²) in [6.07, 6.45) is 4.36. The van der Waals surface area contributed by atoms with Gasteiger partial charge in [-0.3, -0.25) is 0 Å². The molecule has 1 atom stereocenters. The van der Waals surface area contributed by atoms with E-state index in [1.54, 1.807) is 19.3 Å². The molecule has 1 aromatic carbocycles. The molecule has 1 heterocycles. The molecule has 0 fully saturated rings. The molecule has 1 N–H and O–H groups in total. The molecule has 0 saturated heterocycles. The van der Waals surface area contributed by atoms with Gasteiger partial charge in [0.25, 0.3) is 0 Å². The molecule has 0 aliphatic heterocycles. The molecular weight excluding hydrogens is 248 g/mol. The third-order valence-electron chi connectivity index (χ3n) is 3.20. The van der Waals surface area contributed by atoms with Crippen LogP contribution in [0.5, 0.6) is 0 Å². The van der Waals surface area contributed by atoms with Crippen LogP contribution in [0.1, 0.15) is 24.4 Å². The van der Waals surface area contributed by atoms with Crippen LogP contribution in [0.4, 0.5) is 8.78 Å². The standard InChI is InChI=1S/C14H17F2N3/c1-3-13-18-7-8-19(13)9-12(17-2)10-5-4-6-11(15)14(10)16/h4-8,12,17H,3,9H2,1-2H3. The van der Waals surface area contributed by atoms with Gasteiger partial charge in [-0.2, -0.15) is 0 Å². The summed E-state index contributed by atoms with van der Waals surface area (Å²) in [4.78, 5) is 4.22. The zero-order valence-corrected chi connectivity index (χ0v) is 11.0. The Hall–Kier alpha value is -1.75. The van der Waals surface area contributed by atoms with E-state index in [9.17, 15) is 8.78 Å². The lowest BCUT2D eigenvalue weighted by molar-refractivity contribution is 0.442. The summed E-state index contributed by atoms with van der Waals surface area (Å²) < 4.78 is 29.0. The first-order chi connectivity index (χ1) is 9.17. The third-order valence-corrected chi connectivity index (χ3v) is 3.20. The van der Waals surface area contributed by atoms with Gasteiger partial charge in [0, 0.05) is 30.9 Å². The molecule has 1 unspecified atom stereocenters. The minimum Gasteiger partial charge on any atom is -0.333 e. The van der Waals surface area contributed by atoms with Crippen molar-refractivity contribution >= 4 is 0 Å². The van der Waals surface area contributed by atoms with Crippen LogP contribution in [0.2, 0.25) is 0 Å². The number of rotatable bonds is 5. The van der Waals surface area contributed by atoms with Crippen molar-refractivity contribution in [3.05, 3.63) is 53.6 Å². The van der Waals surface area contributed by atoms with Gasteiger partial charge in [-0.15, -0.1) is 0 Å². The number of benzene rings is 1. The van der Waals surface area contributed by atoms with Gasteiger partial charge in [0.1, 0.15) is 5.82 Å². The SMILES string of the molecule is CCc1nccn1CC(NC)c1cccc(F)c1F. The van der Waals surface area contributed by atoms with Crippen LogP contribution in [0.25, 0.3) is 0 Å². The molecule has 0 aliphatic rings. The van der Waals surface area contributed by atoms with Gasteiger partial charge in [0.15, 0.2) is 11.6 Å². The number of aromatic nitrogens is 2. The van der Waals surface area contributed by atoms with E-state index in [4.69, 9.17) is 0 Å². The van der Waals surface area contributed by atoms with Crippen LogP contribution < -0.4 is 5.32 Å². The first-order valence-corrected chi connectivity index (χ1v) is 6.28. The Morgan fingerprint density at radius 3 is 2.84 bits per heavy atom. The van der Waals surface area contributed by atoms with Crippen molar-refractivity contribution in [2.24, 2.45) is 0 Å². The van der Waals surface area contributed by atoms with E-state index in [1.165, 1.54) is 6.07 Å². The van der Waals surface area contributed by atoms with E-state index >= 15 is 0 Å². The quantitative estimate of drug-likeness (QED) is 0.900. The maximum atomic E-state index is 13.8. The van der Waals surface area contributed by atoms with Gasteiger partial charge in [-0.25, -0.2) is 13.8 Å². The highest BCUT2D eigenvalue weighted by Crippen LogP contribution is 2.21. The summed E-state index contributed by atoms with van der Waals surface area (Å²) in [7, 11) is 1.73. The minimum absolute atomic E-state index is 0.296. The molecule has 102 valence electrons. The molecule has 19 heavy (non-hydrogen) atoms. The van der Waals surface area contributed by atoms with Crippen molar-refractivity contribution in [2.45, 2.75) is 25.9 Å². The zero-order chi connectivity index (χ0) is 13.8. The first-order valence-electron chi connectivity index (χ1n) is 6.28. The molecule has 0 aliphatic carbocycles. The average Bonchev–Trinajstić information content (AvgIpc) is 2.87. The molecular formula is C14H17F2N3. The van der Waals surface area contributed by atoms with Gasteiger partial charge in [-0.1, -0.05) is 19.1 Å². The Bertz CT molecular complexity index is 551. The van der Waals surface area contributed by atoms with E-state index in [1.807, 2.05) is 17.7 Å². The summed E-state index contributed by atoms with van der Waals surface area (Å²) in [5, 5.41) is 3.02. The molecule has 2 aromatic rings. The smallest absolute Gasteiger partial charge is 0.163 e. The number of hydrogen-bond acceptors (Lipinski definition) is 2. The maximum Gasteiger partial charge on any atom is 0.163 e. The maximum absolute atomic E-state index is 13.8. The molecule has 1 aromatic heterocycles. The normalized spacial score (nSPS) is 12.6. The second-order valence-corrected chi connectivity index (χ2v) is 4.33. The van der Waals surface area contributed by atoms with Gasteiger partial charge in [-0.05, 0) is 13.1 Å². The average molecular weight is 265 g/mol. The predicted molar refractivity (Wildman–Crippen MR) is 69.8 cm³/mol. The Kier molecular flexibility index (Phi) is 4.27. The van der Waals surface area contributed by atoms with Crippen molar-refractivity contribution in [1.29, 1.82) is 0 Å². The number of nitrogens with one attached hydrogen (secondary N) is 1. The Morgan fingerprint density at radius 2 is 2.16 bits per heavy atom. The van der Waals surface area contributed by atoms with E-state index in [0.717, 1.165) is 18.3 Å². The second-order valence-electron chi connectivity index (χ2n) is 4.33. The number of nitrogens with zero attached hydrogens (tertiary/aromatic N) is 2. The van der Waals surface area contributed by atoms with Crippen LogP contribution in [-0.4, -0.2) is 16.6 Å². The first kappa shape index (κ1) is 13.7. The number of likely N-dealkylation sites (N-methyl/N-ethyl adjacent to an activating group) is 1. The van der Waals surface area contributed by atoms with E-state index in [0.29, 0.717) is 12.1 Å². The van der Waals surface area contributed by atoms with Gasteiger partial charge < -0.3 is 9.88 Å². The lowest BCUT2D eigenvalue weighted by Crippen LogP contribution is -2.24. The van der Waals surface area contributed by atoms with Crippen molar-refractivity contribution < 1.29 is 8.78 Å². The lowest BCUT2D eigenvalue weighted by Gasteiger charge is -2.19. The van der Waals surface area contributed by atoms with Crippen molar-refractivity contribution in [1.82, 2.24) is 14.9 Å². The summed E-state index contributed by atoms with van der Waals surface area (Å²) in [5.74, 6) is -0.684. The molecule has 2 rings (SSSR count). The zero-order valence-electron chi connectivity index (χ0n) is 11.0. The summed E-state index contributed by atoms with van der Waals surface area (Å²) in [5.41, 5.74) is 0.332. The largest absolute Gasteiger partial charge is 0.333 e. The number of aryl methyl sites for hydroxylation is 1. The Balaban J connectivity index is 2.28. The summed E-state index contributed by atoms with van der Waals surface area (Å²) >= 11 is 0. The lowest BCUT2D eigenvalue weighted by atomic mass is 10.1. The van der Waals surface area contributed by atoms with Crippen LogP contribution in [0.15, 0.2) is 30.6 Å². The van der Waals surface area contributed by atoms with Crippen molar-refractivity contribution in [3.8, 4) is 0 Å². The van der Waals surface area contributed by atoms with Gasteiger partial charge >= 0.3 is 0 Å². The topological polar surface area (TPSA) is 29.9 Å². The van der Waals surface area contributed by atoms with Crippen molar-refractivity contribution in [3.63, 3.8) is 0 Å². The molecule has 3 nitrogen and oxygen atoms in total. The van der Waals surface area contributed by atoms with Crippen molar-refractivity contribution in [2.75, 3.05) is 7.05 Å². The number of halogens is 2. The fourth-order valence-corrected chi connectivity index (χ4v) is 2.15. The fourth-order valence-electron chi connectivity index (χ4n) is 2.15. The molecule has 0 spiro atoms. The Labute approximate surface area is 111 Å². The summed E-state index contributed by atoms with van der Waals surface area (Å²) in [6, 6.07) is 3.95.